The SMILES string of the molecule is CC(C)(C)[C@H](C(=O)N1CC(O)CC1C(=O)NC1C2Cc3cc(Cl)ccc3C21)n1cc(C2CC2)nn1. The fourth-order valence-electron chi connectivity index (χ4n) is 6.17. The van der Waals surface area contributed by atoms with Crippen molar-refractivity contribution in [3.8, 4) is 0 Å². The maximum Gasteiger partial charge on any atom is 0.248 e. The van der Waals surface area contributed by atoms with Crippen LogP contribution < -0.4 is 5.32 Å². The summed E-state index contributed by atoms with van der Waals surface area (Å²) in [7, 11) is 0. The molecule has 0 radical (unpaired) electrons. The standard InChI is InChI=1S/C26H32ClN5O3/c1-26(2,3)23(32-12-19(29-30-32)13-4-5-13)25(35)31-11-16(33)10-20(31)24(34)28-22-18-9-14-8-15(27)6-7-17(14)21(18)22/h6-8,12-13,16,18,20-23,33H,4-5,9-11H2,1-3H3,(H,28,34)/t16?,18?,20?,21?,22?,23-/m0/s1. The van der Waals surface area contributed by atoms with Crippen LogP contribution in [-0.4, -0.2) is 61.5 Å². The van der Waals surface area contributed by atoms with E-state index in [1.54, 1.807) is 9.58 Å². The fraction of sp³-hybridized carbons (Fsp3) is 0.615. The van der Waals surface area contributed by atoms with Gasteiger partial charge in [0, 0.05) is 42.1 Å². The number of likely N-dealkylation sites (tertiary alicyclic amines) is 1. The molecule has 2 aromatic rings. The predicted octanol–water partition coefficient (Wildman–Crippen LogP) is 2.81. The number of nitrogens with zero attached hydrogens (tertiary/aromatic N) is 4. The number of β-amino-alcohol motifs (C(OH)–C–C–N with tert-alkyl or cyclic N) is 1. The molecule has 5 unspecified atom stereocenters. The molecule has 35 heavy (non-hydrogen) atoms. The average molecular weight is 498 g/mol. The van der Waals surface area contributed by atoms with E-state index in [0.717, 1.165) is 30.0 Å². The van der Waals surface area contributed by atoms with Gasteiger partial charge in [0.2, 0.25) is 11.8 Å². The molecule has 6 rings (SSSR count). The third-order valence-electron chi connectivity index (χ3n) is 8.10. The van der Waals surface area contributed by atoms with E-state index < -0.39 is 23.6 Å². The molecule has 186 valence electrons. The van der Waals surface area contributed by atoms with E-state index in [1.807, 2.05) is 39.1 Å². The second-order valence-electron chi connectivity index (χ2n) is 11.8. The summed E-state index contributed by atoms with van der Waals surface area (Å²) in [5.74, 6) is 0.735. The molecule has 3 fully saturated rings. The van der Waals surface area contributed by atoms with Crippen LogP contribution in [0.1, 0.15) is 74.7 Å². The van der Waals surface area contributed by atoms with E-state index in [9.17, 15) is 14.7 Å². The normalized spacial score (nSPS) is 30.1. The lowest BCUT2D eigenvalue weighted by Gasteiger charge is -2.34. The van der Waals surface area contributed by atoms with E-state index in [0.29, 0.717) is 17.8 Å². The minimum absolute atomic E-state index is 0.0701. The van der Waals surface area contributed by atoms with Crippen molar-refractivity contribution in [2.45, 2.75) is 82.5 Å². The molecule has 9 heteroatoms. The van der Waals surface area contributed by atoms with Crippen molar-refractivity contribution in [3.63, 3.8) is 0 Å². The van der Waals surface area contributed by atoms with Crippen LogP contribution in [0.25, 0.3) is 0 Å². The summed E-state index contributed by atoms with van der Waals surface area (Å²) in [6, 6.07) is 4.74. The molecule has 1 aliphatic heterocycles. The van der Waals surface area contributed by atoms with Gasteiger partial charge >= 0.3 is 0 Å². The van der Waals surface area contributed by atoms with Crippen molar-refractivity contribution in [2.75, 3.05) is 6.54 Å². The number of carbonyl (C=O) groups excluding carboxylic acids is 2. The molecule has 2 heterocycles. The quantitative estimate of drug-likeness (QED) is 0.661. The molecule has 6 atom stereocenters. The molecule has 2 N–H and O–H groups in total. The van der Waals surface area contributed by atoms with Crippen molar-refractivity contribution in [3.05, 3.63) is 46.2 Å². The molecule has 0 spiro atoms. The van der Waals surface area contributed by atoms with E-state index in [1.165, 1.54) is 11.1 Å². The van der Waals surface area contributed by atoms with Gasteiger partial charge in [-0.05, 0) is 53.9 Å². The highest BCUT2D eigenvalue weighted by Crippen LogP contribution is 2.56. The Kier molecular flexibility index (Phi) is 5.27. The van der Waals surface area contributed by atoms with Crippen LogP contribution in [0.3, 0.4) is 0 Å². The van der Waals surface area contributed by atoms with Crippen LogP contribution >= 0.6 is 11.6 Å². The number of rotatable bonds is 5. The Bertz CT molecular complexity index is 1190. The van der Waals surface area contributed by atoms with Crippen molar-refractivity contribution >= 4 is 23.4 Å². The minimum atomic E-state index is -0.727. The zero-order chi connectivity index (χ0) is 24.6. The molecule has 1 aromatic heterocycles. The highest BCUT2D eigenvalue weighted by atomic mass is 35.5. The largest absolute Gasteiger partial charge is 0.391 e. The number of aromatic nitrogens is 3. The van der Waals surface area contributed by atoms with E-state index in [2.05, 4.69) is 21.7 Å². The number of benzene rings is 1. The minimum Gasteiger partial charge on any atom is -0.391 e. The van der Waals surface area contributed by atoms with Gasteiger partial charge in [0.25, 0.3) is 0 Å². The third kappa shape index (κ3) is 4.04. The van der Waals surface area contributed by atoms with Gasteiger partial charge in [-0.2, -0.15) is 0 Å². The van der Waals surface area contributed by atoms with Crippen molar-refractivity contribution < 1.29 is 14.7 Å². The van der Waals surface area contributed by atoms with Crippen LogP contribution in [0.4, 0.5) is 0 Å². The number of amides is 2. The van der Waals surface area contributed by atoms with E-state index >= 15 is 0 Å². The lowest BCUT2D eigenvalue weighted by molar-refractivity contribution is -0.144. The lowest BCUT2D eigenvalue weighted by Crippen LogP contribution is -2.51. The number of halogens is 1. The van der Waals surface area contributed by atoms with Crippen LogP contribution in [0.5, 0.6) is 0 Å². The third-order valence-corrected chi connectivity index (χ3v) is 8.34. The number of aliphatic hydroxyl groups excluding tert-OH is 1. The van der Waals surface area contributed by atoms with Gasteiger partial charge in [-0.1, -0.05) is 43.7 Å². The van der Waals surface area contributed by atoms with Gasteiger partial charge in [0.15, 0.2) is 0 Å². The summed E-state index contributed by atoms with van der Waals surface area (Å²) < 4.78 is 1.66. The Balaban J connectivity index is 1.19. The number of nitrogens with one attached hydrogen (secondary N) is 1. The first-order valence-electron chi connectivity index (χ1n) is 12.6. The second kappa shape index (κ2) is 8.03. The van der Waals surface area contributed by atoms with E-state index in [4.69, 9.17) is 11.6 Å². The number of hydrogen-bond donors (Lipinski definition) is 2. The number of fused-ring (bicyclic) bond motifs is 3. The van der Waals surface area contributed by atoms with Gasteiger partial charge in [-0.15, -0.1) is 5.10 Å². The van der Waals surface area contributed by atoms with Crippen molar-refractivity contribution in [1.29, 1.82) is 0 Å². The highest BCUT2D eigenvalue weighted by molar-refractivity contribution is 6.30. The van der Waals surface area contributed by atoms with Crippen molar-refractivity contribution in [1.82, 2.24) is 25.2 Å². The molecular formula is C26H32ClN5O3. The van der Waals surface area contributed by atoms with Gasteiger partial charge < -0.3 is 15.3 Å². The predicted molar refractivity (Wildman–Crippen MR) is 130 cm³/mol. The number of hydrogen-bond acceptors (Lipinski definition) is 5. The van der Waals surface area contributed by atoms with Gasteiger partial charge in [-0.25, -0.2) is 4.68 Å². The van der Waals surface area contributed by atoms with Gasteiger partial charge in [0.05, 0.1) is 11.8 Å². The monoisotopic (exact) mass is 497 g/mol. The molecule has 3 aliphatic carbocycles. The first kappa shape index (κ1) is 23.0. The van der Waals surface area contributed by atoms with Gasteiger partial charge in [-0.3, -0.25) is 9.59 Å². The summed E-state index contributed by atoms with van der Waals surface area (Å²) in [6.45, 7) is 6.12. The van der Waals surface area contributed by atoms with Crippen LogP contribution in [0, 0.1) is 11.3 Å². The maximum absolute atomic E-state index is 13.9. The molecule has 8 nitrogen and oxygen atoms in total. The molecular weight excluding hydrogens is 466 g/mol. The Labute approximate surface area is 210 Å². The number of aliphatic hydroxyl groups is 1. The number of carbonyl (C=O) groups is 2. The first-order chi connectivity index (χ1) is 16.6. The molecule has 2 saturated carbocycles. The molecule has 0 bridgehead atoms. The molecule has 2 amide bonds. The average Bonchev–Trinajstić information content (AvgIpc) is 3.56. The molecule has 1 aromatic carbocycles. The summed E-state index contributed by atoms with van der Waals surface area (Å²) in [5, 5.41) is 23.0. The highest BCUT2D eigenvalue weighted by Gasteiger charge is 2.57. The Morgan fingerprint density at radius 2 is 2.03 bits per heavy atom. The van der Waals surface area contributed by atoms with Gasteiger partial charge in [0.1, 0.15) is 12.1 Å². The maximum atomic E-state index is 13.9. The van der Waals surface area contributed by atoms with E-state index in [-0.39, 0.29) is 30.8 Å². The summed E-state index contributed by atoms with van der Waals surface area (Å²) in [4.78, 5) is 28.8. The Hall–Kier alpha value is -2.45. The Morgan fingerprint density at radius 1 is 1.26 bits per heavy atom. The second-order valence-corrected chi connectivity index (χ2v) is 12.3. The molecule has 1 saturated heterocycles. The van der Waals surface area contributed by atoms with Crippen molar-refractivity contribution in [2.24, 2.45) is 11.3 Å². The van der Waals surface area contributed by atoms with Crippen LogP contribution in [0.15, 0.2) is 24.4 Å². The smallest absolute Gasteiger partial charge is 0.248 e. The first-order valence-corrected chi connectivity index (χ1v) is 13.0. The zero-order valence-corrected chi connectivity index (χ0v) is 21.1. The topological polar surface area (TPSA) is 100 Å². The zero-order valence-electron chi connectivity index (χ0n) is 20.3. The Morgan fingerprint density at radius 3 is 2.74 bits per heavy atom. The summed E-state index contributed by atoms with van der Waals surface area (Å²) >= 11 is 6.13. The lowest BCUT2D eigenvalue weighted by atomic mass is 9.85. The summed E-state index contributed by atoms with van der Waals surface area (Å²) in [6.07, 6.45) is 4.51. The summed E-state index contributed by atoms with van der Waals surface area (Å²) in [5.41, 5.74) is 3.00. The van der Waals surface area contributed by atoms with Crippen LogP contribution in [0.2, 0.25) is 5.02 Å². The van der Waals surface area contributed by atoms with Crippen LogP contribution in [-0.2, 0) is 16.0 Å². The fourth-order valence-corrected chi connectivity index (χ4v) is 6.36. The molecule has 4 aliphatic rings.